The number of hydrogen-bond donors (Lipinski definition) is 0. The van der Waals surface area contributed by atoms with E-state index in [9.17, 15) is 4.39 Å². The largest absolute Gasteiger partial charge is 0.495 e. The Morgan fingerprint density at radius 2 is 2.06 bits per heavy atom. The monoisotopic (exact) mass is 232 g/mol. The molecule has 1 aromatic rings. The average molecular weight is 232 g/mol. The van der Waals surface area contributed by atoms with Gasteiger partial charge in [-0.15, -0.1) is 0 Å². The quantitative estimate of drug-likeness (QED) is 0.589. The van der Waals surface area contributed by atoms with E-state index in [2.05, 4.69) is 0 Å². The van der Waals surface area contributed by atoms with Crippen LogP contribution in [-0.4, -0.2) is 13.7 Å². The van der Waals surface area contributed by atoms with Crippen molar-refractivity contribution in [3.63, 3.8) is 0 Å². The minimum Gasteiger partial charge on any atom is -0.495 e. The van der Waals surface area contributed by atoms with Crippen LogP contribution in [0.4, 0.5) is 4.39 Å². The highest BCUT2D eigenvalue weighted by atomic mass is 19.1. The molecule has 0 saturated carbocycles. The van der Waals surface area contributed by atoms with Crippen LogP contribution >= 0.6 is 0 Å². The summed E-state index contributed by atoms with van der Waals surface area (Å²) in [6, 6.07) is 8.93. The Kier molecular flexibility index (Phi) is 4.53. The fourth-order valence-corrected chi connectivity index (χ4v) is 1.09. The van der Waals surface area contributed by atoms with Crippen LogP contribution in [0.2, 0.25) is 0 Å². The first-order valence-electron chi connectivity index (χ1n) is 4.67. The Labute approximate surface area is 98.1 Å². The molecule has 0 amide bonds. The molecule has 0 spiro atoms. The zero-order valence-corrected chi connectivity index (χ0v) is 9.11. The maximum Gasteiger partial charge on any atom is 0.170 e. The van der Waals surface area contributed by atoms with Gasteiger partial charge in [0.1, 0.15) is 30.3 Å². The van der Waals surface area contributed by atoms with Gasteiger partial charge in [0.2, 0.25) is 0 Å². The summed E-state index contributed by atoms with van der Waals surface area (Å²) in [5.41, 5.74) is -0.163. The maximum absolute atomic E-state index is 12.8. The second kappa shape index (κ2) is 6.14. The van der Waals surface area contributed by atoms with Crippen LogP contribution in [0.25, 0.3) is 0 Å². The van der Waals surface area contributed by atoms with Gasteiger partial charge in [0.15, 0.2) is 11.3 Å². The maximum atomic E-state index is 12.8. The van der Waals surface area contributed by atoms with Crippen LogP contribution in [0, 0.1) is 28.5 Å². The third-order valence-corrected chi connectivity index (χ3v) is 1.91. The van der Waals surface area contributed by atoms with Crippen molar-refractivity contribution in [2.24, 2.45) is 0 Å². The number of nitrogens with zero attached hydrogens (tertiary/aromatic N) is 2. The Bertz CT molecular complexity index is 496. The first-order chi connectivity index (χ1) is 8.21. The van der Waals surface area contributed by atoms with Gasteiger partial charge in [-0.3, -0.25) is 0 Å². The van der Waals surface area contributed by atoms with E-state index in [1.165, 1.54) is 25.3 Å². The Morgan fingerprint density at radius 3 is 2.59 bits per heavy atom. The van der Waals surface area contributed by atoms with Gasteiger partial charge in [0, 0.05) is 6.07 Å². The van der Waals surface area contributed by atoms with Crippen LogP contribution in [-0.2, 0) is 4.74 Å². The number of methoxy groups -OCH3 is 1. The Hall–Kier alpha value is -2.53. The molecule has 0 aliphatic rings. The summed E-state index contributed by atoms with van der Waals surface area (Å²) in [5.74, 6) is -0.0136. The molecule has 0 atom stereocenters. The Morgan fingerprint density at radius 1 is 1.35 bits per heavy atom. The summed E-state index contributed by atoms with van der Waals surface area (Å²) in [6.07, 6.45) is 0. The van der Waals surface area contributed by atoms with E-state index >= 15 is 0 Å². The summed E-state index contributed by atoms with van der Waals surface area (Å²) in [4.78, 5) is 0. The molecule has 0 N–H and O–H groups in total. The van der Waals surface area contributed by atoms with E-state index in [4.69, 9.17) is 20.0 Å². The molecule has 0 aromatic heterocycles. The lowest BCUT2D eigenvalue weighted by atomic mass is 10.3. The fourth-order valence-electron chi connectivity index (χ4n) is 1.09. The molecule has 5 heteroatoms. The van der Waals surface area contributed by atoms with Gasteiger partial charge < -0.3 is 9.47 Å². The minimum absolute atomic E-state index is 0.101. The van der Waals surface area contributed by atoms with Crippen LogP contribution in [0.15, 0.2) is 35.6 Å². The molecule has 0 bridgehead atoms. The molecule has 0 fully saturated rings. The van der Waals surface area contributed by atoms with E-state index in [1.807, 2.05) is 0 Å². The van der Waals surface area contributed by atoms with Crippen LogP contribution < -0.4 is 4.74 Å². The molecule has 0 unspecified atom stereocenters. The van der Waals surface area contributed by atoms with Crippen molar-refractivity contribution in [2.45, 2.75) is 0 Å². The van der Waals surface area contributed by atoms with Crippen molar-refractivity contribution in [3.8, 4) is 17.9 Å². The molecule has 0 heterocycles. The normalized spacial score (nSPS) is 8.71. The number of allylic oxidation sites excluding steroid dienone is 1. The minimum atomic E-state index is -0.425. The molecule has 0 aliphatic heterocycles. The van der Waals surface area contributed by atoms with Crippen molar-refractivity contribution in [2.75, 3.05) is 13.7 Å². The molecule has 1 aromatic carbocycles. The molecule has 0 radical (unpaired) electrons. The third-order valence-electron chi connectivity index (χ3n) is 1.91. The molecule has 4 nitrogen and oxygen atoms in total. The van der Waals surface area contributed by atoms with E-state index in [0.717, 1.165) is 0 Å². The second-order valence-corrected chi connectivity index (χ2v) is 2.97. The molecular weight excluding hydrogens is 223 g/mol. The zero-order chi connectivity index (χ0) is 12.7. The predicted molar refractivity (Wildman–Crippen MR) is 57.2 cm³/mol. The zero-order valence-electron chi connectivity index (χ0n) is 9.11. The fraction of sp³-hybridized carbons (Fsp3) is 0.167. The smallest absolute Gasteiger partial charge is 0.170 e. The summed E-state index contributed by atoms with van der Waals surface area (Å²) in [7, 11) is 1.33. The summed E-state index contributed by atoms with van der Waals surface area (Å²) >= 11 is 0. The van der Waals surface area contributed by atoms with Crippen molar-refractivity contribution in [3.05, 3.63) is 41.4 Å². The SMILES string of the molecule is COC(COc1cccc(F)c1)=C(C#N)C#N. The highest BCUT2D eigenvalue weighted by Crippen LogP contribution is 2.14. The highest BCUT2D eigenvalue weighted by molar-refractivity contribution is 5.38. The first kappa shape index (κ1) is 12.5. The van der Waals surface area contributed by atoms with E-state index < -0.39 is 5.82 Å². The van der Waals surface area contributed by atoms with Crippen LogP contribution in [0.3, 0.4) is 0 Å². The summed E-state index contributed by atoms with van der Waals surface area (Å²) < 4.78 is 22.9. The van der Waals surface area contributed by atoms with Crippen molar-refractivity contribution < 1.29 is 13.9 Å². The molecule has 1 rings (SSSR count). The number of ether oxygens (including phenoxy) is 2. The van der Waals surface area contributed by atoms with E-state index in [-0.39, 0.29) is 17.9 Å². The number of hydrogen-bond acceptors (Lipinski definition) is 4. The van der Waals surface area contributed by atoms with Crippen LogP contribution in [0.1, 0.15) is 0 Å². The molecule has 86 valence electrons. The first-order valence-corrected chi connectivity index (χ1v) is 4.67. The van der Waals surface area contributed by atoms with Gasteiger partial charge in [0.05, 0.1) is 7.11 Å². The lowest BCUT2D eigenvalue weighted by molar-refractivity contribution is 0.217. The van der Waals surface area contributed by atoms with Crippen molar-refractivity contribution >= 4 is 0 Å². The number of rotatable bonds is 4. The number of nitriles is 2. The number of benzene rings is 1. The van der Waals surface area contributed by atoms with Gasteiger partial charge in [0.25, 0.3) is 0 Å². The third kappa shape index (κ3) is 3.51. The topological polar surface area (TPSA) is 66.0 Å². The van der Waals surface area contributed by atoms with Crippen molar-refractivity contribution in [1.82, 2.24) is 0 Å². The van der Waals surface area contributed by atoms with Gasteiger partial charge >= 0.3 is 0 Å². The lowest BCUT2D eigenvalue weighted by Crippen LogP contribution is -2.05. The molecular formula is C12H9FN2O2. The lowest BCUT2D eigenvalue weighted by Gasteiger charge is -2.08. The standard InChI is InChI=1S/C12H9FN2O2/c1-16-12(9(6-14)7-15)8-17-11-4-2-3-10(13)5-11/h2-5H,8H2,1H3. The van der Waals surface area contributed by atoms with Gasteiger partial charge in [-0.2, -0.15) is 10.5 Å². The van der Waals surface area contributed by atoms with Gasteiger partial charge in [-0.05, 0) is 12.1 Å². The molecule has 0 aliphatic carbocycles. The van der Waals surface area contributed by atoms with Gasteiger partial charge in [-0.1, -0.05) is 6.07 Å². The summed E-state index contributed by atoms with van der Waals surface area (Å²) in [5, 5.41) is 17.3. The molecule has 0 saturated heterocycles. The van der Waals surface area contributed by atoms with E-state index in [1.54, 1.807) is 18.2 Å². The van der Waals surface area contributed by atoms with Crippen molar-refractivity contribution in [1.29, 1.82) is 10.5 Å². The second-order valence-electron chi connectivity index (χ2n) is 2.97. The molecule has 17 heavy (non-hydrogen) atoms. The highest BCUT2D eigenvalue weighted by Gasteiger charge is 2.07. The Balaban J connectivity index is 2.77. The summed E-state index contributed by atoms with van der Waals surface area (Å²) in [6.45, 7) is -0.101. The van der Waals surface area contributed by atoms with E-state index in [0.29, 0.717) is 5.75 Å². The van der Waals surface area contributed by atoms with Crippen LogP contribution in [0.5, 0.6) is 5.75 Å². The van der Waals surface area contributed by atoms with Gasteiger partial charge in [-0.25, -0.2) is 4.39 Å². The average Bonchev–Trinajstić information content (AvgIpc) is 2.34. The number of halogens is 1. The predicted octanol–water partition coefficient (Wildman–Crippen LogP) is 2.15.